The van der Waals surface area contributed by atoms with Crippen LogP contribution in [0.5, 0.6) is 0 Å². The summed E-state index contributed by atoms with van der Waals surface area (Å²) in [6.07, 6.45) is 2.94. The predicted octanol–water partition coefficient (Wildman–Crippen LogP) is 1.32. The van der Waals surface area contributed by atoms with E-state index in [0.29, 0.717) is 0 Å². The molecular weight excluding hydrogens is 174 g/mol. The molecule has 1 fully saturated rings. The third-order valence-corrected chi connectivity index (χ3v) is 2.94. The van der Waals surface area contributed by atoms with Crippen LogP contribution in [0, 0.1) is 6.92 Å². The van der Waals surface area contributed by atoms with Gasteiger partial charge in [0.15, 0.2) is 0 Å². The Balaban J connectivity index is 2.03. The van der Waals surface area contributed by atoms with Crippen LogP contribution in [-0.2, 0) is 0 Å². The number of pyridine rings is 1. The summed E-state index contributed by atoms with van der Waals surface area (Å²) in [4.78, 5) is 6.60. The maximum atomic E-state index is 6.09. The summed E-state index contributed by atoms with van der Waals surface area (Å²) in [7, 11) is 0. The molecule has 1 aromatic rings. The maximum absolute atomic E-state index is 6.09. The number of aryl methyl sites for hydroxylation is 1. The van der Waals surface area contributed by atoms with Gasteiger partial charge in [0.1, 0.15) is 5.82 Å². The van der Waals surface area contributed by atoms with Gasteiger partial charge in [0.2, 0.25) is 0 Å². The molecule has 2 heterocycles. The zero-order valence-corrected chi connectivity index (χ0v) is 8.83. The first-order valence-corrected chi connectivity index (χ1v) is 5.09. The Morgan fingerprint density at radius 3 is 2.71 bits per heavy atom. The molecule has 1 aliphatic heterocycles. The molecule has 2 rings (SSSR count). The van der Waals surface area contributed by atoms with Crippen molar-refractivity contribution in [2.45, 2.75) is 25.8 Å². The second-order valence-corrected chi connectivity index (χ2v) is 4.27. The van der Waals surface area contributed by atoms with Gasteiger partial charge in [-0.3, -0.25) is 0 Å². The lowest BCUT2D eigenvalue weighted by molar-refractivity contribution is 0.320. The van der Waals surface area contributed by atoms with Crippen LogP contribution >= 0.6 is 0 Å². The van der Waals surface area contributed by atoms with E-state index in [1.165, 1.54) is 5.56 Å². The van der Waals surface area contributed by atoms with Gasteiger partial charge in [-0.15, -0.1) is 0 Å². The summed E-state index contributed by atoms with van der Waals surface area (Å²) in [5, 5.41) is 0. The number of anilines is 1. The number of nitrogens with two attached hydrogens (primary N) is 1. The van der Waals surface area contributed by atoms with Crippen LogP contribution in [0.3, 0.4) is 0 Å². The highest BCUT2D eigenvalue weighted by Crippen LogP contribution is 2.26. The van der Waals surface area contributed by atoms with Crippen LogP contribution in [0.1, 0.15) is 18.9 Å². The maximum Gasteiger partial charge on any atom is 0.128 e. The molecule has 1 aromatic heterocycles. The fourth-order valence-electron chi connectivity index (χ4n) is 1.75. The molecule has 0 unspecified atom stereocenters. The number of hydrogen-bond donors (Lipinski definition) is 1. The van der Waals surface area contributed by atoms with Crippen molar-refractivity contribution in [1.82, 2.24) is 4.98 Å². The van der Waals surface area contributed by atoms with E-state index in [1.54, 1.807) is 0 Å². The number of hydrogen-bond acceptors (Lipinski definition) is 3. The molecule has 0 amide bonds. The quantitative estimate of drug-likeness (QED) is 0.766. The second-order valence-electron chi connectivity index (χ2n) is 4.27. The molecule has 0 spiro atoms. The Morgan fingerprint density at radius 1 is 1.50 bits per heavy atom. The molecule has 3 heteroatoms. The van der Waals surface area contributed by atoms with Crippen molar-refractivity contribution in [3.63, 3.8) is 0 Å². The van der Waals surface area contributed by atoms with Gasteiger partial charge in [-0.25, -0.2) is 4.98 Å². The normalized spacial score (nSPS) is 19.2. The molecule has 76 valence electrons. The highest BCUT2D eigenvalue weighted by Gasteiger charge is 2.38. The van der Waals surface area contributed by atoms with E-state index in [-0.39, 0.29) is 5.54 Å². The van der Waals surface area contributed by atoms with Crippen LogP contribution in [-0.4, -0.2) is 23.6 Å². The summed E-state index contributed by atoms with van der Waals surface area (Å²) in [5.41, 5.74) is 7.31. The van der Waals surface area contributed by atoms with E-state index in [4.69, 9.17) is 5.73 Å². The van der Waals surface area contributed by atoms with Crippen molar-refractivity contribution in [2.24, 2.45) is 5.73 Å². The third-order valence-electron chi connectivity index (χ3n) is 2.94. The lowest BCUT2D eigenvalue weighted by Gasteiger charge is -2.48. The standard InChI is InChI=1S/C11H17N3/c1-3-11(12)7-14(8-11)10-5-4-9(2)6-13-10/h4-6H,3,7-8,12H2,1-2H3. The molecule has 0 aliphatic carbocycles. The topological polar surface area (TPSA) is 42.1 Å². The smallest absolute Gasteiger partial charge is 0.128 e. The average Bonchev–Trinajstić information content (AvgIpc) is 2.15. The lowest BCUT2D eigenvalue weighted by Crippen LogP contribution is -2.67. The van der Waals surface area contributed by atoms with Gasteiger partial charge in [0.25, 0.3) is 0 Å². The average molecular weight is 191 g/mol. The Bertz CT molecular complexity index is 312. The van der Waals surface area contributed by atoms with Crippen LogP contribution in [0.4, 0.5) is 5.82 Å². The number of rotatable bonds is 2. The molecule has 0 radical (unpaired) electrons. The van der Waals surface area contributed by atoms with E-state index in [0.717, 1.165) is 25.3 Å². The summed E-state index contributed by atoms with van der Waals surface area (Å²) in [5.74, 6) is 1.05. The van der Waals surface area contributed by atoms with E-state index < -0.39 is 0 Å². The van der Waals surface area contributed by atoms with Crippen molar-refractivity contribution in [1.29, 1.82) is 0 Å². The first kappa shape index (κ1) is 9.46. The Labute approximate surface area is 84.9 Å². The Kier molecular flexibility index (Phi) is 2.19. The summed E-state index contributed by atoms with van der Waals surface area (Å²) in [6, 6.07) is 4.15. The van der Waals surface area contributed by atoms with Gasteiger partial charge in [-0.05, 0) is 25.0 Å². The molecule has 3 nitrogen and oxygen atoms in total. The largest absolute Gasteiger partial charge is 0.353 e. The van der Waals surface area contributed by atoms with E-state index in [9.17, 15) is 0 Å². The number of aromatic nitrogens is 1. The molecule has 1 saturated heterocycles. The van der Waals surface area contributed by atoms with E-state index >= 15 is 0 Å². The first-order valence-electron chi connectivity index (χ1n) is 5.09. The van der Waals surface area contributed by atoms with Crippen LogP contribution < -0.4 is 10.6 Å². The minimum absolute atomic E-state index is 0.0204. The zero-order valence-electron chi connectivity index (χ0n) is 8.83. The monoisotopic (exact) mass is 191 g/mol. The van der Waals surface area contributed by atoms with Gasteiger partial charge in [-0.2, -0.15) is 0 Å². The lowest BCUT2D eigenvalue weighted by atomic mass is 9.88. The summed E-state index contributed by atoms with van der Waals surface area (Å²) < 4.78 is 0. The predicted molar refractivity (Wildman–Crippen MR) is 58.4 cm³/mol. The van der Waals surface area contributed by atoms with Gasteiger partial charge >= 0.3 is 0 Å². The van der Waals surface area contributed by atoms with Crippen molar-refractivity contribution in [2.75, 3.05) is 18.0 Å². The van der Waals surface area contributed by atoms with Gasteiger partial charge in [0.05, 0.1) is 5.54 Å². The van der Waals surface area contributed by atoms with Gasteiger partial charge < -0.3 is 10.6 Å². The number of nitrogens with zero attached hydrogens (tertiary/aromatic N) is 2. The van der Waals surface area contributed by atoms with Crippen LogP contribution in [0.25, 0.3) is 0 Å². The Morgan fingerprint density at radius 2 is 2.21 bits per heavy atom. The van der Waals surface area contributed by atoms with Crippen molar-refractivity contribution in [3.05, 3.63) is 23.9 Å². The minimum atomic E-state index is 0.0204. The Hall–Kier alpha value is -1.09. The molecule has 0 saturated carbocycles. The van der Waals surface area contributed by atoms with E-state index in [2.05, 4.69) is 28.9 Å². The second kappa shape index (κ2) is 3.24. The van der Waals surface area contributed by atoms with Crippen molar-refractivity contribution >= 4 is 5.82 Å². The molecule has 0 atom stereocenters. The highest BCUT2D eigenvalue weighted by atomic mass is 15.3. The third kappa shape index (κ3) is 1.60. The molecule has 0 aromatic carbocycles. The van der Waals surface area contributed by atoms with E-state index in [1.807, 2.05) is 13.1 Å². The first-order chi connectivity index (χ1) is 6.63. The highest BCUT2D eigenvalue weighted by molar-refractivity contribution is 5.44. The van der Waals surface area contributed by atoms with Crippen molar-refractivity contribution in [3.8, 4) is 0 Å². The van der Waals surface area contributed by atoms with Gasteiger partial charge in [0, 0.05) is 19.3 Å². The van der Waals surface area contributed by atoms with Crippen LogP contribution in [0.15, 0.2) is 18.3 Å². The fraction of sp³-hybridized carbons (Fsp3) is 0.545. The van der Waals surface area contributed by atoms with Gasteiger partial charge in [-0.1, -0.05) is 13.0 Å². The molecular formula is C11H17N3. The molecule has 1 aliphatic rings. The fourth-order valence-corrected chi connectivity index (χ4v) is 1.75. The van der Waals surface area contributed by atoms with Crippen LogP contribution in [0.2, 0.25) is 0 Å². The van der Waals surface area contributed by atoms with Crippen molar-refractivity contribution < 1.29 is 0 Å². The molecule has 14 heavy (non-hydrogen) atoms. The molecule has 0 bridgehead atoms. The molecule has 2 N–H and O–H groups in total. The minimum Gasteiger partial charge on any atom is -0.353 e. The summed E-state index contributed by atoms with van der Waals surface area (Å²) >= 11 is 0. The SMILES string of the molecule is CCC1(N)CN(c2ccc(C)cn2)C1. The zero-order chi connectivity index (χ0) is 10.2. The summed E-state index contributed by atoms with van der Waals surface area (Å²) in [6.45, 7) is 6.05.